The van der Waals surface area contributed by atoms with Gasteiger partial charge in [0.2, 0.25) is 11.8 Å². The number of nitrogens with zero attached hydrogens (tertiary/aromatic N) is 3. The van der Waals surface area contributed by atoms with Gasteiger partial charge in [-0.05, 0) is 75.3 Å². The topological polar surface area (TPSA) is 100 Å². The molecule has 1 saturated carbocycles. The molecular formula is C29H34F3N3O5. The molecule has 1 aromatic carbocycles. The number of alkyl halides is 3. The second-order valence-corrected chi connectivity index (χ2v) is 11.0. The summed E-state index contributed by atoms with van der Waals surface area (Å²) in [7, 11) is 0. The first kappa shape index (κ1) is 29.5. The van der Waals surface area contributed by atoms with E-state index >= 15 is 0 Å². The molecule has 1 aliphatic carbocycles. The highest BCUT2D eigenvalue weighted by molar-refractivity contribution is 6.03. The minimum Gasteiger partial charge on any atom is -0.478 e. The first-order valence-electron chi connectivity index (χ1n) is 13.5. The molecule has 2 heterocycles. The lowest BCUT2D eigenvalue weighted by atomic mass is 9.82. The fourth-order valence-corrected chi connectivity index (χ4v) is 5.38. The first-order chi connectivity index (χ1) is 18.8. The lowest BCUT2D eigenvalue weighted by Gasteiger charge is -2.34. The number of carboxylic acid groups (broad SMARTS) is 1. The number of aromatic nitrogens is 1. The molecular weight excluding hydrogens is 527 g/mol. The van der Waals surface area contributed by atoms with Crippen molar-refractivity contribution in [1.82, 2.24) is 9.88 Å². The molecule has 2 aliphatic rings. The molecule has 1 amide bonds. The summed E-state index contributed by atoms with van der Waals surface area (Å²) in [6.07, 6.45) is 0.125. The van der Waals surface area contributed by atoms with Crippen LogP contribution in [0.2, 0.25) is 0 Å². The van der Waals surface area contributed by atoms with Gasteiger partial charge in [0.05, 0.1) is 17.8 Å². The number of hydrogen-bond acceptors (Lipinski definition) is 6. The van der Waals surface area contributed by atoms with Crippen molar-refractivity contribution in [2.75, 3.05) is 18.0 Å². The number of Topliss-reactive ketones (excluding diaryl/α,β-unsaturated/α-hetero) is 1. The van der Waals surface area contributed by atoms with Crippen LogP contribution in [0.4, 0.5) is 18.9 Å². The minimum absolute atomic E-state index is 0.0349. The van der Waals surface area contributed by atoms with Crippen LogP contribution in [0.3, 0.4) is 0 Å². The Labute approximate surface area is 231 Å². The number of rotatable bonds is 8. The molecule has 0 spiro atoms. The zero-order valence-electron chi connectivity index (χ0n) is 22.8. The van der Waals surface area contributed by atoms with Crippen LogP contribution in [0.25, 0.3) is 0 Å². The lowest BCUT2D eigenvalue weighted by Crippen LogP contribution is -2.42. The van der Waals surface area contributed by atoms with Gasteiger partial charge in [0, 0.05) is 37.7 Å². The van der Waals surface area contributed by atoms with Gasteiger partial charge in [-0.2, -0.15) is 13.2 Å². The molecule has 1 saturated heterocycles. The van der Waals surface area contributed by atoms with Gasteiger partial charge in [-0.3, -0.25) is 14.5 Å². The molecule has 40 heavy (non-hydrogen) atoms. The Balaban J connectivity index is 1.62. The number of anilines is 1. The van der Waals surface area contributed by atoms with Crippen LogP contribution in [-0.2, 0) is 22.3 Å². The monoisotopic (exact) mass is 561 g/mol. The maximum absolute atomic E-state index is 13.9. The third-order valence-electron chi connectivity index (χ3n) is 7.52. The van der Waals surface area contributed by atoms with Crippen molar-refractivity contribution in [1.29, 1.82) is 0 Å². The summed E-state index contributed by atoms with van der Waals surface area (Å²) in [5.41, 5.74) is -0.924. The van der Waals surface area contributed by atoms with Crippen molar-refractivity contribution in [3.05, 3.63) is 47.2 Å². The fraction of sp³-hybridized carbons (Fsp3) is 0.517. The quantitative estimate of drug-likeness (QED) is 0.426. The Kier molecular flexibility index (Phi) is 8.82. The van der Waals surface area contributed by atoms with Gasteiger partial charge in [-0.15, -0.1) is 0 Å². The summed E-state index contributed by atoms with van der Waals surface area (Å²) < 4.78 is 47.3. The molecule has 4 rings (SSSR count). The number of likely N-dealkylation sites (tertiary alicyclic amines) is 1. The van der Waals surface area contributed by atoms with Crippen LogP contribution in [-0.4, -0.2) is 51.8 Å². The van der Waals surface area contributed by atoms with Crippen LogP contribution in [0, 0.1) is 11.8 Å². The zero-order chi connectivity index (χ0) is 29.2. The van der Waals surface area contributed by atoms with Crippen molar-refractivity contribution < 1.29 is 37.4 Å². The van der Waals surface area contributed by atoms with E-state index < -0.39 is 23.6 Å². The van der Waals surface area contributed by atoms with Gasteiger partial charge < -0.3 is 14.7 Å². The Morgan fingerprint density at radius 2 is 1.88 bits per heavy atom. The second kappa shape index (κ2) is 12.0. The van der Waals surface area contributed by atoms with Gasteiger partial charge >= 0.3 is 12.1 Å². The number of ether oxygens (including phenoxy) is 1. The molecule has 216 valence electrons. The first-order valence-corrected chi connectivity index (χ1v) is 13.5. The third kappa shape index (κ3) is 6.80. The van der Waals surface area contributed by atoms with E-state index in [0.29, 0.717) is 18.9 Å². The third-order valence-corrected chi connectivity index (χ3v) is 7.52. The van der Waals surface area contributed by atoms with Crippen molar-refractivity contribution in [2.45, 2.75) is 71.6 Å². The number of pyridine rings is 1. The number of carbonyl (C=O) groups is 3. The zero-order valence-corrected chi connectivity index (χ0v) is 22.8. The number of ketones is 1. The van der Waals surface area contributed by atoms with Crippen LogP contribution in [0.5, 0.6) is 11.6 Å². The molecule has 0 unspecified atom stereocenters. The van der Waals surface area contributed by atoms with E-state index in [-0.39, 0.29) is 59.3 Å². The predicted octanol–water partition coefficient (Wildman–Crippen LogP) is 5.93. The Morgan fingerprint density at radius 1 is 1.18 bits per heavy atom. The highest BCUT2D eigenvalue weighted by Gasteiger charge is 2.37. The normalized spacial score (nSPS) is 20.1. The number of halogens is 3. The molecule has 0 radical (unpaired) electrons. The molecule has 1 N–H and O–H groups in total. The summed E-state index contributed by atoms with van der Waals surface area (Å²) in [5, 5.41) is 9.97. The number of carbonyl (C=O) groups excluding carboxylic acids is 2. The van der Waals surface area contributed by atoms with E-state index in [9.17, 15) is 32.7 Å². The summed E-state index contributed by atoms with van der Waals surface area (Å²) in [6.45, 7) is 6.51. The number of hydrogen-bond donors (Lipinski definition) is 1. The van der Waals surface area contributed by atoms with E-state index in [1.165, 1.54) is 23.2 Å². The van der Waals surface area contributed by atoms with Crippen LogP contribution < -0.4 is 9.64 Å². The van der Waals surface area contributed by atoms with E-state index in [2.05, 4.69) is 11.9 Å². The van der Waals surface area contributed by atoms with Gasteiger partial charge in [-0.1, -0.05) is 6.92 Å². The smallest absolute Gasteiger partial charge is 0.421 e. The van der Waals surface area contributed by atoms with E-state index in [1.54, 1.807) is 18.7 Å². The van der Waals surface area contributed by atoms with Gasteiger partial charge in [-0.25, -0.2) is 9.78 Å². The number of aromatic carboxylic acids is 1. The van der Waals surface area contributed by atoms with Crippen LogP contribution >= 0.6 is 0 Å². The summed E-state index contributed by atoms with van der Waals surface area (Å²) in [5.74, 6) is -2.01. The van der Waals surface area contributed by atoms with Crippen LogP contribution in [0.1, 0.15) is 74.4 Å². The average molecular weight is 562 g/mol. The minimum atomic E-state index is -4.78. The Hall–Kier alpha value is -3.47. The van der Waals surface area contributed by atoms with Crippen molar-refractivity contribution in [2.24, 2.45) is 11.8 Å². The maximum atomic E-state index is 13.9. The largest absolute Gasteiger partial charge is 0.478 e. The number of benzene rings is 1. The van der Waals surface area contributed by atoms with Crippen molar-refractivity contribution in [3.63, 3.8) is 0 Å². The van der Waals surface area contributed by atoms with Crippen molar-refractivity contribution in [3.8, 4) is 11.6 Å². The predicted molar refractivity (Wildman–Crippen MR) is 141 cm³/mol. The molecule has 0 bridgehead atoms. The summed E-state index contributed by atoms with van der Waals surface area (Å²) in [4.78, 5) is 44.3. The number of carboxylic acids is 1. The van der Waals surface area contributed by atoms with Gasteiger partial charge in [0.15, 0.2) is 0 Å². The molecule has 2 fully saturated rings. The fourth-order valence-electron chi connectivity index (χ4n) is 5.38. The highest BCUT2D eigenvalue weighted by Crippen LogP contribution is 2.39. The molecule has 11 heteroatoms. The average Bonchev–Trinajstić information content (AvgIpc) is 3.29. The second-order valence-electron chi connectivity index (χ2n) is 11.0. The molecule has 1 aliphatic heterocycles. The van der Waals surface area contributed by atoms with Gasteiger partial charge in [0.1, 0.15) is 17.1 Å². The summed E-state index contributed by atoms with van der Waals surface area (Å²) >= 11 is 0. The molecule has 1 aromatic heterocycles. The van der Waals surface area contributed by atoms with Crippen LogP contribution in [0.15, 0.2) is 30.5 Å². The lowest BCUT2D eigenvalue weighted by molar-refractivity contribution is -0.139. The van der Waals surface area contributed by atoms with E-state index in [1.807, 2.05) is 0 Å². The highest BCUT2D eigenvalue weighted by atomic mass is 19.4. The standard InChI is InChI=1S/C29H34F3N3O5/c1-17(2)35(27(37)20-6-4-18(3)5-7-20)25-9-8-22(13-23(25)28(38)39)40-26-24(29(30,31)32)12-19(14-33-26)15-34-11-10-21(36)16-34/h8-9,12-14,17-18,20H,4-7,10-11,15-16H2,1-3H3,(H,38,39)/t18-,20-. The Morgan fingerprint density at radius 3 is 2.45 bits per heavy atom. The maximum Gasteiger partial charge on any atom is 0.421 e. The Bertz CT molecular complexity index is 1270. The van der Waals surface area contributed by atoms with E-state index in [4.69, 9.17) is 4.74 Å². The molecule has 8 nitrogen and oxygen atoms in total. The number of amides is 1. The van der Waals surface area contributed by atoms with Crippen molar-refractivity contribution >= 4 is 23.3 Å². The van der Waals surface area contributed by atoms with Gasteiger partial charge in [0.25, 0.3) is 0 Å². The molecule has 0 atom stereocenters. The molecule has 2 aromatic rings. The summed E-state index contributed by atoms with van der Waals surface area (Å²) in [6, 6.07) is 4.46. The SMILES string of the molecule is CC(C)N(c1ccc(Oc2ncc(CN3CCC(=O)C3)cc2C(F)(F)F)cc1C(=O)O)C(=O)[C@H]1CC[C@H](C)CC1. The van der Waals surface area contributed by atoms with E-state index in [0.717, 1.165) is 37.8 Å².